The van der Waals surface area contributed by atoms with Crippen molar-refractivity contribution in [3.63, 3.8) is 0 Å². The van der Waals surface area contributed by atoms with Gasteiger partial charge in [-0.05, 0) is 45.3 Å². The summed E-state index contributed by atoms with van der Waals surface area (Å²) in [4.78, 5) is 40.3. The normalized spacial score (nSPS) is 12.1. The van der Waals surface area contributed by atoms with E-state index >= 15 is 0 Å². The highest BCUT2D eigenvalue weighted by Crippen LogP contribution is 2.40. The van der Waals surface area contributed by atoms with E-state index in [1.807, 2.05) is 53.7 Å². The number of carbonyl (C=O) groups excluding carboxylic acids is 1. The van der Waals surface area contributed by atoms with Gasteiger partial charge >= 0.3 is 0 Å². The summed E-state index contributed by atoms with van der Waals surface area (Å²) in [5, 5.41) is 6.47. The van der Waals surface area contributed by atoms with Gasteiger partial charge in [0.2, 0.25) is 5.43 Å². The Hall–Kier alpha value is -3.28. The van der Waals surface area contributed by atoms with Crippen molar-refractivity contribution in [1.29, 1.82) is 0 Å². The maximum Gasteiger partial charge on any atom is 0.261 e. The third-order valence-electron chi connectivity index (χ3n) is 5.13. The second kappa shape index (κ2) is 7.52. The lowest BCUT2D eigenvalue weighted by molar-refractivity contribution is 0.102. The molecule has 1 heterocycles. The van der Waals surface area contributed by atoms with Gasteiger partial charge in [0.25, 0.3) is 5.91 Å². The fraction of sp³-hybridized carbons (Fsp3) is 0.333. The molecule has 3 aromatic rings. The van der Waals surface area contributed by atoms with Gasteiger partial charge in [0.1, 0.15) is 11.3 Å². The van der Waals surface area contributed by atoms with Crippen LogP contribution in [0.15, 0.2) is 52.6 Å². The first-order valence-corrected chi connectivity index (χ1v) is 9.87. The van der Waals surface area contributed by atoms with E-state index in [1.54, 1.807) is 24.3 Å². The number of fused-ring (bicyclic) bond motifs is 1. The molecule has 0 fully saturated rings. The van der Waals surface area contributed by atoms with Gasteiger partial charge in [0, 0.05) is 22.8 Å². The van der Waals surface area contributed by atoms with Crippen molar-refractivity contribution in [3.05, 3.63) is 74.4 Å². The zero-order valence-corrected chi connectivity index (χ0v) is 18.2. The number of para-hydroxylation sites is 1. The first-order chi connectivity index (χ1) is 13.9. The molecule has 0 aliphatic heterocycles. The maximum absolute atomic E-state index is 13.0. The van der Waals surface area contributed by atoms with Crippen LogP contribution in [-0.2, 0) is 10.8 Å². The Balaban J connectivity index is 2.12. The largest absolute Gasteiger partial charge is 0.360 e. The molecule has 1 amide bonds. The SMILES string of the molecule is CC(C)(C)c1cc(C(C)(C)C)c(NC(=O)c2c[nH]c3ccccc3c2=O)cc1N=O. The van der Waals surface area contributed by atoms with Gasteiger partial charge in [0.15, 0.2) is 0 Å². The molecular weight excluding hydrogens is 378 g/mol. The number of nitrogens with one attached hydrogen (secondary N) is 2. The highest BCUT2D eigenvalue weighted by atomic mass is 16.3. The van der Waals surface area contributed by atoms with E-state index in [-0.39, 0.29) is 27.5 Å². The van der Waals surface area contributed by atoms with Gasteiger partial charge in [-0.25, -0.2) is 0 Å². The third kappa shape index (κ3) is 4.03. The Morgan fingerprint density at radius 1 is 0.967 bits per heavy atom. The molecule has 3 rings (SSSR count). The third-order valence-corrected chi connectivity index (χ3v) is 5.13. The smallest absolute Gasteiger partial charge is 0.261 e. The number of aromatic nitrogens is 1. The molecule has 0 spiro atoms. The summed E-state index contributed by atoms with van der Waals surface area (Å²) < 4.78 is 0. The Bertz CT molecular complexity index is 1200. The summed E-state index contributed by atoms with van der Waals surface area (Å²) in [6.07, 6.45) is 1.42. The van der Waals surface area contributed by atoms with Crippen LogP contribution < -0.4 is 10.7 Å². The van der Waals surface area contributed by atoms with Gasteiger partial charge < -0.3 is 10.3 Å². The number of rotatable bonds is 3. The average Bonchev–Trinajstić information content (AvgIpc) is 2.66. The van der Waals surface area contributed by atoms with E-state index in [0.29, 0.717) is 16.6 Å². The minimum atomic E-state index is -0.534. The molecule has 0 aliphatic carbocycles. The predicted octanol–water partition coefficient (Wildman–Crippen LogP) is 5.77. The van der Waals surface area contributed by atoms with Gasteiger partial charge in [-0.2, -0.15) is 0 Å². The van der Waals surface area contributed by atoms with Crippen LogP contribution in [-0.4, -0.2) is 10.9 Å². The van der Waals surface area contributed by atoms with Crippen LogP contribution in [0.3, 0.4) is 0 Å². The predicted molar refractivity (Wildman–Crippen MR) is 122 cm³/mol. The van der Waals surface area contributed by atoms with E-state index in [0.717, 1.165) is 11.1 Å². The standard InChI is InChI=1S/C24H27N3O3/c1-23(2,3)16-11-17(24(4,5)6)20(27-30)12-19(16)26-22(29)15-13-25-18-10-8-7-9-14(18)21(15)28/h7-13H,1-6H3,(H,25,28)(H,26,29). The second-order valence-corrected chi connectivity index (χ2v) is 9.54. The van der Waals surface area contributed by atoms with Crippen molar-refractivity contribution in [3.8, 4) is 0 Å². The number of aromatic amines is 1. The van der Waals surface area contributed by atoms with Gasteiger partial charge in [-0.15, -0.1) is 4.91 Å². The molecule has 6 heteroatoms. The fourth-order valence-electron chi connectivity index (χ4n) is 3.51. The molecule has 0 aliphatic rings. The number of anilines is 1. The lowest BCUT2D eigenvalue weighted by Gasteiger charge is -2.28. The van der Waals surface area contributed by atoms with Crippen molar-refractivity contribution < 1.29 is 4.79 Å². The Kier molecular flexibility index (Phi) is 5.37. The van der Waals surface area contributed by atoms with E-state index in [2.05, 4.69) is 15.5 Å². The van der Waals surface area contributed by atoms with Crippen LogP contribution in [0.2, 0.25) is 0 Å². The molecular formula is C24H27N3O3. The topological polar surface area (TPSA) is 91.4 Å². The minimum absolute atomic E-state index is 0.00840. The van der Waals surface area contributed by atoms with E-state index < -0.39 is 5.91 Å². The lowest BCUT2D eigenvalue weighted by Crippen LogP contribution is -2.25. The molecule has 0 atom stereocenters. The number of hydrogen-bond donors (Lipinski definition) is 2. The zero-order chi connectivity index (χ0) is 22.3. The Morgan fingerprint density at radius 2 is 1.60 bits per heavy atom. The molecule has 2 N–H and O–H groups in total. The van der Waals surface area contributed by atoms with Gasteiger partial charge in [0.05, 0.1) is 0 Å². The van der Waals surface area contributed by atoms with Crippen LogP contribution in [0, 0.1) is 4.91 Å². The number of hydrogen-bond acceptors (Lipinski definition) is 4. The molecule has 0 saturated carbocycles. The van der Waals surface area contributed by atoms with Crippen molar-refractivity contribution in [2.75, 3.05) is 5.32 Å². The highest BCUT2D eigenvalue weighted by molar-refractivity contribution is 6.06. The van der Waals surface area contributed by atoms with E-state index in [9.17, 15) is 14.5 Å². The minimum Gasteiger partial charge on any atom is -0.360 e. The number of amides is 1. The Labute approximate surface area is 175 Å². The summed E-state index contributed by atoms with van der Waals surface area (Å²) in [5.41, 5.74) is 2.15. The van der Waals surface area contributed by atoms with E-state index in [1.165, 1.54) is 6.20 Å². The zero-order valence-electron chi connectivity index (χ0n) is 18.2. The summed E-state index contributed by atoms with van der Waals surface area (Å²) in [5.74, 6) is -0.534. The van der Waals surface area contributed by atoms with Crippen molar-refractivity contribution in [2.45, 2.75) is 52.4 Å². The molecule has 0 unspecified atom stereocenters. The molecule has 156 valence electrons. The summed E-state index contributed by atoms with van der Waals surface area (Å²) in [6, 6.07) is 10.6. The summed E-state index contributed by atoms with van der Waals surface area (Å²) in [6.45, 7) is 12.1. The van der Waals surface area contributed by atoms with Gasteiger partial charge in [-0.1, -0.05) is 59.7 Å². The lowest BCUT2D eigenvalue weighted by atomic mass is 9.79. The monoisotopic (exact) mass is 405 g/mol. The van der Waals surface area contributed by atoms with E-state index in [4.69, 9.17) is 0 Å². The molecule has 6 nitrogen and oxygen atoms in total. The van der Waals surface area contributed by atoms with Crippen molar-refractivity contribution in [2.24, 2.45) is 5.18 Å². The van der Waals surface area contributed by atoms with Crippen LogP contribution >= 0.6 is 0 Å². The average molecular weight is 405 g/mol. The van der Waals surface area contributed by atoms with Gasteiger partial charge in [-0.3, -0.25) is 9.59 Å². The van der Waals surface area contributed by atoms with Crippen molar-refractivity contribution >= 4 is 28.2 Å². The van der Waals surface area contributed by atoms with Crippen LogP contribution in [0.5, 0.6) is 0 Å². The maximum atomic E-state index is 13.0. The fourth-order valence-corrected chi connectivity index (χ4v) is 3.51. The molecule has 30 heavy (non-hydrogen) atoms. The van der Waals surface area contributed by atoms with Crippen LogP contribution in [0.25, 0.3) is 10.9 Å². The number of carbonyl (C=O) groups is 1. The first kappa shape index (κ1) is 21.4. The molecule has 0 bridgehead atoms. The second-order valence-electron chi connectivity index (χ2n) is 9.54. The number of nitrogens with zero attached hydrogens (tertiary/aromatic N) is 1. The first-order valence-electron chi connectivity index (χ1n) is 9.87. The van der Waals surface area contributed by atoms with Crippen LogP contribution in [0.4, 0.5) is 11.4 Å². The van der Waals surface area contributed by atoms with Crippen molar-refractivity contribution in [1.82, 2.24) is 4.98 Å². The van der Waals surface area contributed by atoms with Crippen LogP contribution in [0.1, 0.15) is 63.0 Å². The molecule has 1 aromatic heterocycles. The molecule has 0 radical (unpaired) electrons. The molecule has 2 aromatic carbocycles. The number of pyridine rings is 1. The summed E-state index contributed by atoms with van der Waals surface area (Å²) in [7, 11) is 0. The summed E-state index contributed by atoms with van der Waals surface area (Å²) >= 11 is 0. The number of benzene rings is 2. The Morgan fingerprint density at radius 3 is 2.20 bits per heavy atom. The highest BCUT2D eigenvalue weighted by Gasteiger charge is 2.27. The number of H-pyrrole nitrogens is 1. The molecule has 0 saturated heterocycles. The number of nitroso groups, excluding NO2 is 1. The quantitative estimate of drug-likeness (QED) is 0.542.